The normalized spacial score (nSPS) is 25.4. The van der Waals surface area contributed by atoms with E-state index >= 15 is 0 Å². The highest BCUT2D eigenvalue weighted by molar-refractivity contribution is 5.23. The fourth-order valence-electron chi connectivity index (χ4n) is 3.38. The maximum absolute atomic E-state index is 14.3. The van der Waals surface area contributed by atoms with Crippen LogP contribution in [-0.2, 0) is 6.54 Å². The van der Waals surface area contributed by atoms with Gasteiger partial charge in [0.05, 0.1) is 0 Å². The first-order valence-corrected chi connectivity index (χ1v) is 7.36. The van der Waals surface area contributed by atoms with Crippen LogP contribution in [0.3, 0.4) is 0 Å². The molecule has 1 aliphatic carbocycles. The molecular formula is C16H25FN2O. The van der Waals surface area contributed by atoms with Gasteiger partial charge in [0.25, 0.3) is 5.88 Å². The van der Waals surface area contributed by atoms with Gasteiger partial charge in [0.15, 0.2) is 5.82 Å². The zero-order valence-corrected chi connectivity index (χ0v) is 12.9. The Hall–Kier alpha value is -1.16. The smallest absolute Gasteiger partial charge is 0.250 e. The van der Waals surface area contributed by atoms with E-state index < -0.39 is 0 Å². The van der Waals surface area contributed by atoms with Crippen LogP contribution in [0, 0.1) is 17.2 Å². The average molecular weight is 280 g/mol. The van der Waals surface area contributed by atoms with E-state index in [0.29, 0.717) is 18.0 Å². The third-order valence-corrected chi connectivity index (χ3v) is 3.93. The lowest BCUT2D eigenvalue weighted by Crippen LogP contribution is -2.34. The molecule has 0 radical (unpaired) electrons. The molecule has 0 spiro atoms. The van der Waals surface area contributed by atoms with Crippen molar-refractivity contribution in [1.82, 2.24) is 10.3 Å². The predicted octanol–water partition coefficient (Wildman–Crippen LogP) is 3.53. The van der Waals surface area contributed by atoms with Gasteiger partial charge in [-0.15, -0.1) is 0 Å². The number of hydrogen-bond donors (Lipinski definition) is 1. The van der Waals surface area contributed by atoms with E-state index in [1.165, 1.54) is 6.42 Å². The monoisotopic (exact) mass is 280 g/mol. The molecule has 0 aliphatic heterocycles. The molecule has 1 aromatic heterocycles. The molecule has 0 aromatic carbocycles. The zero-order chi connectivity index (χ0) is 14.8. The lowest BCUT2D eigenvalue weighted by molar-refractivity contribution is 0.0502. The van der Waals surface area contributed by atoms with E-state index in [-0.39, 0.29) is 23.2 Å². The molecule has 1 N–H and O–H groups in total. The highest BCUT2D eigenvalue weighted by Gasteiger charge is 2.33. The molecular weight excluding hydrogens is 255 g/mol. The molecule has 20 heavy (non-hydrogen) atoms. The largest absolute Gasteiger partial charge is 0.472 e. The van der Waals surface area contributed by atoms with E-state index in [2.05, 4.69) is 31.1 Å². The van der Waals surface area contributed by atoms with Gasteiger partial charge < -0.3 is 10.1 Å². The van der Waals surface area contributed by atoms with Crippen molar-refractivity contribution in [1.29, 1.82) is 0 Å². The molecule has 2 atom stereocenters. The number of hydrogen-bond acceptors (Lipinski definition) is 3. The van der Waals surface area contributed by atoms with Crippen LogP contribution in [-0.4, -0.2) is 18.1 Å². The maximum atomic E-state index is 14.3. The third-order valence-electron chi connectivity index (χ3n) is 3.93. The number of rotatable bonds is 4. The number of nitrogens with one attached hydrogen (secondary N) is 1. The minimum absolute atomic E-state index is 0.0561. The molecule has 4 heteroatoms. The molecule has 1 aliphatic rings. The van der Waals surface area contributed by atoms with Crippen LogP contribution < -0.4 is 10.1 Å². The van der Waals surface area contributed by atoms with Crippen molar-refractivity contribution in [2.24, 2.45) is 11.3 Å². The minimum atomic E-state index is -0.335. The summed E-state index contributed by atoms with van der Waals surface area (Å²) in [5, 5.41) is 2.95. The molecule has 1 fully saturated rings. The van der Waals surface area contributed by atoms with E-state index in [9.17, 15) is 4.39 Å². The zero-order valence-electron chi connectivity index (χ0n) is 12.9. The van der Waals surface area contributed by atoms with Crippen LogP contribution in [0.1, 0.15) is 45.6 Å². The molecule has 0 saturated heterocycles. The third kappa shape index (κ3) is 3.69. The van der Waals surface area contributed by atoms with Crippen LogP contribution in [0.2, 0.25) is 0 Å². The predicted molar refractivity (Wildman–Crippen MR) is 78.2 cm³/mol. The fraction of sp³-hybridized carbons (Fsp3) is 0.688. The maximum Gasteiger partial charge on any atom is 0.250 e. The van der Waals surface area contributed by atoms with E-state index in [1.54, 1.807) is 19.3 Å². The van der Waals surface area contributed by atoms with Crippen molar-refractivity contribution in [2.75, 3.05) is 7.05 Å². The highest BCUT2D eigenvalue weighted by Crippen LogP contribution is 2.40. The SMILES string of the molecule is CNCc1ccnc(OC2CC(C)CC(C)(C)C2)c1F. The molecule has 3 nitrogen and oxygen atoms in total. The van der Waals surface area contributed by atoms with Crippen LogP contribution in [0.4, 0.5) is 4.39 Å². The number of aromatic nitrogens is 1. The Morgan fingerprint density at radius 2 is 2.20 bits per heavy atom. The average Bonchev–Trinajstić information content (AvgIpc) is 2.32. The van der Waals surface area contributed by atoms with Crippen molar-refractivity contribution in [3.05, 3.63) is 23.6 Å². The van der Waals surface area contributed by atoms with Crippen LogP contribution in [0.5, 0.6) is 5.88 Å². The first-order chi connectivity index (χ1) is 9.41. The quantitative estimate of drug-likeness (QED) is 0.916. The van der Waals surface area contributed by atoms with E-state index in [1.807, 2.05) is 0 Å². The molecule has 1 saturated carbocycles. The second-order valence-electron chi connectivity index (χ2n) is 6.77. The molecule has 2 rings (SSSR count). The second-order valence-corrected chi connectivity index (χ2v) is 6.77. The van der Waals surface area contributed by atoms with Gasteiger partial charge in [0.2, 0.25) is 0 Å². The van der Waals surface area contributed by atoms with Gasteiger partial charge in [-0.2, -0.15) is 0 Å². The fourth-order valence-corrected chi connectivity index (χ4v) is 3.38. The number of nitrogens with zero attached hydrogens (tertiary/aromatic N) is 1. The Balaban J connectivity index is 2.11. The van der Waals surface area contributed by atoms with Crippen molar-refractivity contribution in [3.63, 3.8) is 0 Å². The summed E-state index contributed by atoms with van der Waals surface area (Å²) in [6.07, 6.45) is 4.79. The first kappa shape index (κ1) is 15.2. The summed E-state index contributed by atoms with van der Waals surface area (Å²) in [5.41, 5.74) is 0.849. The summed E-state index contributed by atoms with van der Waals surface area (Å²) >= 11 is 0. The standard InChI is InChI=1S/C16H25FN2O/c1-11-7-13(9-16(2,3)8-11)20-15-14(17)12(10-18-4)5-6-19-15/h5-6,11,13,18H,7-10H2,1-4H3. The van der Waals surface area contributed by atoms with Crippen LogP contribution in [0.15, 0.2) is 12.3 Å². The highest BCUT2D eigenvalue weighted by atomic mass is 19.1. The Morgan fingerprint density at radius 1 is 1.45 bits per heavy atom. The summed E-state index contributed by atoms with van der Waals surface area (Å²) in [5.74, 6) is 0.415. The van der Waals surface area contributed by atoms with Crippen LogP contribution >= 0.6 is 0 Å². The topological polar surface area (TPSA) is 34.2 Å². The second kappa shape index (κ2) is 6.08. The summed E-state index contributed by atoms with van der Waals surface area (Å²) in [6.45, 7) is 7.22. The Labute approximate surface area is 120 Å². The Morgan fingerprint density at radius 3 is 2.85 bits per heavy atom. The van der Waals surface area contributed by atoms with Crippen molar-refractivity contribution in [3.8, 4) is 5.88 Å². The lowest BCUT2D eigenvalue weighted by Gasteiger charge is -2.38. The number of halogens is 1. The number of ether oxygens (including phenoxy) is 1. The van der Waals surface area contributed by atoms with Crippen molar-refractivity contribution >= 4 is 0 Å². The van der Waals surface area contributed by atoms with Gasteiger partial charge >= 0.3 is 0 Å². The van der Waals surface area contributed by atoms with Gasteiger partial charge in [0, 0.05) is 18.3 Å². The lowest BCUT2D eigenvalue weighted by atomic mass is 9.71. The summed E-state index contributed by atoms with van der Waals surface area (Å²) in [4.78, 5) is 4.06. The first-order valence-electron chi connectivity index (χ1n) is 7.36. The van der Waals surface area contributed by atoms with Gasteiger partial charge in [-0.05, 0) is 43.7 Å². The Bertz CT molecular complexity index is 462. The van der Waals surface area contributed by atoms with Crippen molar-refractivity contribution < 1.29 is 9.13 Å². The molecule has 1 aromatic rings. The van der Waals surface area contributed by atoms with Crippen molar-refractivity contribution in [2.45, 2.75) is 52.7 Å². The van der Waals surface area contributed by atoms with Gasteiger partial charge in [0.1, 0.15) is 6.10 Å². The minimum Gasteiger partial charge on any atom is -0.472 e. The number of pyridine rings is 1. The molecule has 0 amide bonds. The van der Waals surface area contributed by atoms with Gasteiger partial charge in [-0.25, -0.2) is 9.37 Å². The van der Waals surface area contributed by atoms with Crippen LogP contribution in [0.25, 0.3) is 0 Å². The molecule has 1 heterocycles. The summed E-state index contributed by atoms with van der Waals surface area (Å²) in [7, 11) is 1.80. The Kier molecular flexibility index (Phi) is 4.63. The molecule has 2 unspecified atom stereocenters. The van der Waals surface area contributed by atoms with E-state index in [4.69, 9.17) is 4.74 Å². The summed E-state index contributed by atoms with van der Waals surface area (Å²) in [6, 6.07) is 1.69. The summed E-state index contributed by atoms with van der Waals surface area (Å²) < 4.78 is 20.1. The van der Waals surface area contributed by atoms with Gasteiger partial charge in [-0.3, -0.25) is 0 Å². The van der Waals surface area contributed by atoms with E-state index in [0.717, 1.165) is 12.8 Å². The van der Waals surface area contributed by atoms with Gasteiger partial charge in [-0.1, -0.05) is 20.8 Å². The molecule has 0 bridgehead atoms. The molecule has 112 valence electrons.